The molecule has 0 saturated carbocycles. The Kier molecular flexibility index (Phi) is 6.40. The molecule has 0 spiro atoms. The lowest BCUT2D eigenvalue weighted by atomic mass is 9.81. The average Bonchev–Trinajstić information content (AvgIpc) is 3.42. The Bertz CT molecular complexity index is 3080. The van der Waals surface area contributed by atoms with E-state index in [9.17, 15) is 0 Å². The van der Waals surface area contributed by atoms with E-state index in [0.717, 1.165) is 0 Å². The second-order valence-electron chi connectivity index (χ2n) is 15.3. The Hall–Kier alpha value is -6.50. The summed E-state index contributed by atoms with van der Waals surface area (Å²) >= 11 is 0. The van der Waals surface area contributed by atoms with Gasteiger partial charge in [0.2, 0.25) is 0 Å². The fourth-order valence-electron chi connectivity index (χ4n) is 9.38. The van der Waals surface area contributed by atoms with Gasteiger partial charge in [0.15, 0.2) is 0 Å². The highest BCUT2D eigenvalue weighted by Crippen LogP contribution is 2.52. The van der Waals surface area contributed by atoms with Gasteiger partial charge in [-0.3, -0.25) is 0 Å². The summed E-state index contributed by atoms with van der Waals surface area (Å²) in [5.74, 6) is 0. The molecule has 0 bridgehead atoms. The topological polar surface area (TPSA) is 0 Å². The first-order chi connectivity index (χ1) is 26.0. The zero-order valence-corrected chi connectivity index (χ0v) is 29.8. The van der Waals surface area contributed by atoms with Crippen LogP contribution in [0.4, 0.5) is 0 Å². The molecule has 0 amide bonds. The van der Waals surface area contributed by atoms with Crippen LogP contribution in [0.1, 0.15) is 25.0 Å². The first kappa shape index (κ1) is 30.2. The molecule has 0 aliphatic heterocycles. The highest BCUT2D eigenvalue weighted by Gasteiger charge is 2.36. The van der Waals surface area contributed by atoms with Crippen molar-refractivity contribution in [1.29, 1.82) is 0 Å². The van der Waals surface area contributed by atoms with Crippen LogP contribution in [0.2, 0.25) is 0 Å². The third kappa shape index (κ3) is 4.49. The van der Waals surface area contributed by atoms with E-state index in [1.165, 1.54) is 109 Å². The fourth-order valence-corrected chi connectivity index (χ4v) is 9.38. The highest BCUT2D eigenvalue weighted by atomic mass is 14.4. The zero-order chi connectivity index (χ0) is 35.3. The number of fused-ring (bicyclic) bond motifs is 8. The van der Waals surface area contributed by atoms with Gasteiger partial charge in [0, 0.05) is 5.41 Å². The van der Waals surface area contributed by atoms with Crippen LogP contribution in [0.5, 0.6) is 0 Å². The van der Waals surface area contributed by atoms with Gasteiger partial charge >= 0.3 is 0 Å². The quantitative estimate of drug-likeness (QED) is 0.164. The summed E-state index contributed by atoms with van der Waals surface area (Å²) in [7, 11) is 0. The van der Waals surface area contributed by atoms with Crippen molar-refractivity contribution in [2.75, 3.05) is 0 Å². The molecular formula is C53H36. The van der Waals surface area contributed by atoms with E-state index in [4.69, 9.17) is 0 Å². The smallest absolute Gasteiger partial charge is 0.0159 e. The number of hydrogen-bond acceptors (Lipinski definition) is 0. The van der Waals surface area contributed by atoms with E-state index in [0.29, 0.717) is 0 Å². The molecule has 10 aromatic rings. The maximum Gasteiger partial charge on any atom is 0.0159 e. The summed E-state index contributed by atoms with van der Waals surface area (Å²) < 4.78 is 0. The first-order valence-corrected chi connectivity index (χ1v) is 18.7. The highest BCUT2D eigenvalue weighted by molar-refractivity contribution is 6.24. The van der Waals surface area contributed by atoms with Gasteiger partial charge in [-0.05, 0) is 146 Å². The van der Waals surface area contributed by atoms with Crippen LogP contribution >= 0.6 is 0 Å². The standard InChI is InChI=1S/C53H36/c1-53(2)49-26-25-37(30-46(49)47-29-35-15-5-6-16-36(35)32-50(47)53)40-28-38-17-7-8-18-41(38)48(31-40)52-44-21-11-9-19-42(44)51(43-20-10-12-22-45(43)52)39-24-23-33-13-3-4-14-34(33)27-39/h3-32H,1-2H3. The lowest BCUT2D eigenvalue weighted by Gasteiger charge is -2.22. The average molecular weight is 673 g/mol. The normalized spacial score (nSPS) is 13.2. The summed E-state index contributed by atoms with van der Waals surface area (Å²) in [4.78, 5) is 0. The molecule has 0 N–H and O–H groups in total. The van der Waals surface area contributed by atoms with Crippen LogP contribution < -0.4 is 0 Å². The minimum Gasteiger partial charge on any atom is -0.0616 e. The van der Waals surface area contributed by atoms with Crippen LogP contribution in [0.3, 0.4) is 0 Å². The zero-order valence-electron chi connectivity index (χ0n) is 29.8. The van der Waals surface area contributed by atoms with E-state index in [1.54, 1.807) is 0 Å². The molecule has 248 valence electrons. The molecule has 0 saturated heterocycles. The maximum atomic E-state index is 2.45. The van der Waals surface area contributed by atoms with Gasteiger partial charge in [0.1, 0.15) is 0 Å². The summed E-state index contributed by atoms with van der Waals surface area (Å²) in [5.41, 5.74) is 13.0. The predicted octanol–water partition coefficient (Wildman–Crippen LogP) is 14.8. The summed E-state index contributed by atoms with van der Waals surface area (Å²) in [5, 5.41) is 12.7. The first-order valence-electron chi connectivity index (χ1n) is 18.7. The van der Waals surface area contributed by atoms with Crippen LogP contribution in [0.25, 0.3) is 98.4 Å². The third-order valence-electron chi connectivity index (χ3n) is 12.0. The SMILES string of the molecule is CC1(C)c2ccc(-c3cc(-c4c5ccccc5c(-c5ccc6ccccc6c5)c5ccccc45)c4ccccc4c3)cc2-c2cc3ccccc3cc21. The van der Waals surface area contributed by atoms with Crippen molar-refractivity contribution >= 4 is 53.9 Å². The van der Waals surface area contributed by atoms with Gasteiger partial charge in [-0.15, -0.1) is 0 Å². The molecule has 0 heterocycles. The van der Waals surface area contributed by atoms with Crippen molar-refractivity contribution in [3.05, 3.63) is 193 Å². The second kappa shape index (κ2) is 11.2. The number of hydrogen-bond donors (Lipinski definition) is 0. The molecule has 0 nitrogen and oxygen atoms in total. The van der Waals surface area contributed by atoms with Gasteiger partial charge in [-0.25, -0.2) is 0 Å². The molecular weight excluding hydrogens is 637 g/mol. The maximum absolute atomic E-state index is 2.45. The molecule has 53 heavy (non-hydrogen) atoms. The minimum absolute atomic E-state index is 0.0631. The number of benzene rings is 10. The van der Waals surface area contributed by atoms with Crippen molar-refractivity contribution in [2.45, 2.75) is 19.3 Å². The van der Waals surface area contributed by atoms with Gasteiger partial charge in [0.25, 0.3) is 0 Å². The fraction of sp³-hybridized carbons (Fsp3) is 0.0566. The molecule has 0 fully saturated rings. The van der Waals surface area contributed by atoms with Gasteiger partial charge in [-0.2, -0.15) is 0 Å². The van der Waals surface area contributed by atoms with Crippen molar-refractivity contribution in [2.24, 2.45) is 0 Å². The summed E-state index contributed by atoms with van der Waals surface area (Å²) in [6.45, 7) is 4.75. The lowest BCUT2D eigenvalue weighted by molar-refractivity contribution is 0.661. The Morgan fingerprint density at radius 3 is 1.43 bits per heavy atom. The lowest BCUT2D eigenvalue weighted by Crippen LogP contribution is -2.14. The van der Waals surface area contributed by atoms with E-state index in [2.05, 4.69) is 196 Å². The van der Waals surface area contributed by atoms with Crippen LogP contribution in [0.15, 0.2) is 182 Å². The van der Waals surface area contributed by atoms with Gasteiger partial charge in [-0.1, -0.05) is 159 Å². The third-order valence-corrected chi connectivity index (χ3v) is 12.0. The predicted molar refractivity (Wildman–Crippen MR) is 228 cm³/mol. The van der Waals surface area contributed by atoms with E-state index >= 15 is 0 Å². The molecule has 1 aliphatic carbocycles. The molecule has 0 heteroatoms. The van der Waals surface area contributed by atoms with Crippen LogP contribution in [-0.2, 0) is 5.41 Å². The molecule has 1 aliphatic rings. The Morgan fingerprint density at radius 2 is 0.755 bits per heavy atom. The van der Waals surface area contributed by atoms with E-state index < -0.39 is 0 Å². The minimum atomic E-state index is -0.0631. The van der Waals surface area contributed by atoms with Gasteiger partial charge in [0.05, 0.1) is 0 Å². The van der Waals surface area contributed by atoms with E-state index in [1.807, 2.05) is 0 Å². The molecule has 0 radical (unpaired) electrons. The molecule has 0 atom stereocenters. The summed E-state index contributed by atoms with van der Waals surface area (Å²) in [6.07, 6.45) is 0. The number of rotatable bonds is 3. The van der Waals surface area contributed by atoms with Crippen LogP contribution in [0, 0.1) is 0 Å². The molecule has 0 unspecified atom stereocenters. The van der Waals surface area contributed by atoms with E-state index in [-0.39, 0.29) is 5.41 Å². The molecule has 11 rings (SSSR count). The van der Waals surface area contributed by atoms with Crippen molar-refractivity contribution in [1.82, 2.24) is 0 Å². The van der Waals surface area contributed by atoms with Crippen molar-refractivity contribution in [3.8, 4) is 44.5 Å². The van der Waals surface area contributed by atoms with Crippen LogP contribution in [-0.4, -0.2) is 0 Å². The monoisotopic (exact) mass is 672 g/mol. The summed E-state index contributed by atoms with van der Waals surface area (Å²) in [6, 6.07) is 68.1. The van der Waals surface area contributed by atoms with Gasteiger partial charge < -0.3 is 0 Å². The van der Waals surface area contributed by atoms with Crippen molar-refractivity contribution < 1.29 is 0 Å². The molecule has 10 aromatic carbocycles. The molecule has 0 aromatic heterocycles. The largest absolute Gasteiger partial charge is 0.0616 e. The second-order valence-corrected chi connectivity index (χ2v) is 15.3. The Morgan fingerprint density at radius 1 is 0.283 bits per heavy atom. The van der Waals surface area contributed by atoms with Crippen molar-refractivity contribution in [3.63, 3.8) is 0 Å². The Labute approximate surface area is 309 Å². The Balaban J connectivity index is 1.17.